The molecule has 4 aliphatic rings. The van der Waals surface area contributed by atoms with Crippen molar-refractivity contribution in [3.05, 3.63) is 72.3 Å². The number of piperidine rings is 1. The predicted molar refractivity (Wildman–Crippen MR) is 208 cm³/mol. The third-order valence-corrected chi connectivity index (χ3v) is 12.7. The molecule has 56 heavy (non-hydrogen) atoms. The van der Waals surface area contributed by atoms with Gasteiger partial charge < -0.3 is 26.2 Å². The number of ketones is 1. The number of fused-ring (bicyclic) bond motifs is 2. The number of benzene rings is 1. The topological polar surface area (TPSA) is 180 Å². The van der Waals surface area contributed by atoms with Gasteiger partial charge in [0, 0.05) is 31.9 Å². The molecule has 13 heteroatoms. The summed E-state index contributed by atoms with van der Waals surface area (Å²) in [5.41, 5.74) is 1.40. The van der Waals surface area contributed by atoms with E-state index in [9.17, 15) is 24.0 Å². The van der Waals surface area contributed by atoms with E-state index in [1.165, 1.54) is 24.7 Å². The molecule has 296 valence electrons. The fraction of sp³-hybridized carbons (Fsp3) is 0.535. The van der Waals surface area contributed by atoms with Crippen LogP contribution in [0, 0.1) is 40.9 Å². The number of hydrogen-bond donors (Lipinski definition) is 4. The summed E-state index contributed by atoms with van der Waals surface area (Å²) in [5.74, 6) is -1.71. The Morgan fingerprint density at radius 2 is 1.70 bits per heavy atom. The zero-order chi connectivity index (χ0) is 40.2. The van der Waals surface area contributed by atoms with Crippen molar-refractivity contribution >= 4 is 35.3 Å². The van der Waals surface area contributed by atoms with Gasteiger partial charge in [0.15, 0.2) is 0 Å². The van der Waals surface area contributed by atoms with Crippen LogP contribution in [0.15, 0.2) is 55.5 Å². The Morgan fingerprint density at radius 1 is 1.00 bits per heavy atom. The third kappa shape index (κ3) is 8.25. The first kappa shape index (κ1) is 40.3. The Hall–Kier alpha value is -5.38. The van der Waals surface area contributed by atoms with Crippen LogP contribution in [0.1, 0.15) is 87.3 Å². The van der Waals surface area contributed by atoms with E-state index in [0.29, 0.717) is 25.7 Å². The summed E-state index contributed by atoms with van der Waals surface area (Å²) >= 11 is 0. The smallest absolute Gasteiger partial charge is 0.289 e. The Kier molecular flexibility index (Phi) is 12.1. The number of amides is 5. The van der Waals surface area contributed by atoms with Crippen LogP contribution in [0.25, 0.3) is 0 Å². The highest BCUT2D eigenvalue weighted by Crippen LogP contribution is 2.65. The third-order valence-electron chi connectivity index (χ3n) is 12.7. The molecular weight excluding hydrogens is 711 g/mol. The average molecular weight is 764 g/mol. The molecule has 1 aromatic carbocycles. The maximum Gasteiger partial charge on any atom is 0.289 e. The predicted octanol–water partition coefficient (Wildman–Crippen LogP) is 2.70. The fourth-order valence-electron chi connectivity index (χ4n) is 9.43. The minimum Gasteiger partial charge on any atom is -0.346 e. The quantitative estimate of drug-likeness (QED) is 0.122. The minimum atomic E-state index is -1.20. The van der Waals surface area contributed by atoms with Crippen molar-refractivity contribution in [2.45, 2.75) is 103 Å². The maximum atomic E-state index is 15.1. The number of carbonyl (C=O) groups excluding carboxylic acids is 6. The molecule has 6 unspecified atom stereocenters. The highest BCUT2D eigenvalue weighted by atomic mass is 16.2. The van der Waals surface area contributed by atoms with Gasteiger partial charge in [-0.3, -0.25) is 33.8 Å². The van der Waals surface area contributed by atoms with Gasteiger partial charge in [-0.05, 0) is 71.8 Å². The molecule has 6 rings (SSSR count). The Morgan fingerprint density at radius 3 is 2.32 bits per heavy atom. The molecule has 1 saturated heterocycles. The Balaban J connectivity index is 1.30. The lowest BCUT2D eigenvalue weighted by atomic mass is 9.70. The lowest BCUT2D eigenvalue weighted by Crippen LogP contribution is -2.63. The van der Waals surface area contributed by atoms with Crippen LogP contribution < -0.4 is 21.3 Å². The van der Waals surface area contributed by atoms with Gasteiger partial charge in [0.2, 0.25) is 23.5 Å². The molecule has 0 radical (unpaired) electrons. The van der Waals surface area contributed by atoms with E-state index in [-0.39, 0.29) is 54.8 Å². The van der Waals surface area contributed by atoms with Gasteiger partial charge in [-0.2, -0.15) is 0 Å². The lowest BCUT2D eigenvalue weighted by Gasteiger charge is -2.41. The first-order valence-corrected chi connectivity index (χ1v) is 19.7. The van der Waals surface area contributed by atoms with Gasteiger partial charge in [-0.1, -0.05) is 70.4 Å². The molecular formula is C43H53N7O6. The van der Waals surface area contributed by atoms with Crippen molar-refractivity contribution in [3.63, 3.8) is 0 Å². The van der Waals surface area contributed by atoms with Gasteiger partial charge >= 0.3 is 0 Å². The fourth-order valence-corrected chi connectivity index (χ4v) is 9.43. The zero-order valence-electron chi connectivity index (χ0n) is 32.5. The normalized spacial score (nSPS) is 23.2. The second-order valence-corrected chi connectivity index (χ2v) is 16.7. The van der Waals surface area contributed by atoms with Gasteiger partial charge in [0.05, 0.1) is 12.2 Å². The molecule has 5 amide bonds. The second-order valence-electron chi connectivity index (χ2n) is 16.7. The van der Waals surface area contributed by atoms with E-state index in [0.717, 1.165) is 30.4 Å². The van der Waals surface area contributed by atoms with Crippen molar-refractivity contribution < 1.29 is 28.8 Å². The van der Waals surface area contributed by atoms with Crippen LogP contribution >= 0.6 is 0 Å². The molecule has 6 atom stereocenters. The first-order valence-electron chi connectivity index (χ1n) is 19.7. The summed E-state index contributed by atoms with van der Waals surface area (Å²) in [7, 11) is 0. The molecule has 2 aromatic rings. The Labute approximate surface area is 328 Å². The average Bonchev–Trinajstić information content (AvgIpc) is 3.55. The molecule has 1 aliphatic heterocycles. The maximum absolute atomic E-state index is 15.1. The van der Waals surface area contributed by atoms with Crippen molar-refractivity contribution in [2.75, 3.05) is 13.1 Å². The van der Waals surface area contributed by atoms with Crippen LogP contribution in [0.4, 0.5) is 0 Å². The number of terminal acetylenes is 1. The highest BCUT2D eigenvalue weighted by molar-refractivity contribution is 6.38. The number of rotatable bonds is 15. The van der Waals surface area contributed by atoms with Crippen LogP contribution in [0.2, 0.25) is 0 Å². The van der Waals surface area contributed by atoms with Gasteiger partial charge in [-0.25, -0.2) is 4.98 Å². The highest BCUT2D eigenvalue weighted by Gasteiger charge is 2.70. The SMILES string of the molecule is C#CCCC(NC(=O)C1C2C(CN1C(=O)C(NC(=O)C(NC(=O)c1cnccn1)C1(C)CCCCC1)C1Cc3ccccc3C1)C2(C)C)C(=O)C(=O)NCC=C. The second kappa shape index (κ2) is 16.8. The summed E-state index contributed by atoms with van der Waals surface area (Å²) < 4.78 is 0. The molecule has 3 aliphatic carbocycles. The standard InChI is InChI=1S/C43H53N7O6/c1-6-8-16-30(35(51)39(54)46-19-7-2)47-38(53)34-32-29(42(32,3)4)25-50(34)41(56)33(28-22-26-14-10-11-15-27(26)23-28)48-40(55)36(43(5)17-12-9-13-18-43)49-37(52)31-24-44-20-21-45-31/h1,7,10-11,14-15,20-21,24,28-30,32-34,36H,2,8-9,12-13,16-19,22-23,25H2,3-5H3,(H,46,54)(H,47,53)(H,48,55)(H,49,52). The van der Waals surface area contributed by atoms with Crippen molar-refractivity contribution in [1.29, 1.82) is 0 Å². The van der Waals surface area contributed by atoms with E-state index >= 15 is 4.79 Å². The summed E-state index contributed by atoms with van der Waals surface area (Å²) in [6.45, 7) is 10.0. The zero-order valence-corrected chi connectivity index (χ0v) is 32.5. The molecule has 2 saturated carbocycles. The number of carbonyl (C=O) groups is 6. The summed E-state index contributed by atoms with van der Waals surface area (Å²) in [6, 6.07) is 3.79. The van der Waals surface area contributed by atoms with Gasteiger partial charge in [-0.15, -0.1) is 18.9 Å². The minimum absolute atomic E-state index is 0.00949. The Bertz CT molecular complexity index is 1880. The number of nitrogens with one attached hydrogen (secondary N) is 4. The number of Topliss-reactive ketones (excluding diaryl/α,β-unsaturated/α-hetero) is 1. The lowest BCUT2D eigenvalue weighted by molar-refractivity contribution is -0.146. The van der Waals surface area contributed by atoms with Crippen LogP contribution in [0.5, 0.6) is 0 Å². The van der Waals surface area contributed by atoms with Crippen LogP contribution in [-0.4, -0.2) is 87.4 Å². The summed E-state index contributed by atoms with van der Waals surface area (Å²) in [4.78, 5) is 93.3. The van der Waals surface area contributed by atoms with Crippen molar-refractivity contribution in [1.82, 2.24) is 36.1 Å². The van der Waals surface area contributed by atoms with Crippen molar-refractivity contribution in [3.8, 4) is 12.3 Å². The number of hydrogen-bond acceptors (Lipinski definition) is 8. The molecule has 4 N–H and O–H groups in total. The van der Waals surface area contributed by atoms with E-state index in [4.69, 9.17) is 6.42 Å². The van der Waals surface area contributed by atoms with Gasteiger partial charge in [0.25, 0.3) is 11.8 Å². The van der Waals surface area contributed by atoms with Crippen LogP contribution in [-0.2, 0) is 36.8 Å². The number of likely N-dealkylation sites (tertiary alicyclic amines) is 1. The molecule has 2 heterocycles. The molecule has 0 bridgehead atoms. The molecule has 3 fully saturated rings. The number of aromatic nitrogens is 2. The van der Waals surface area contributed by atoms with Crippen LogP contribution in [0.3, 0.4) is 0 Å². The first-order chi connectivity index (χ1) is 26.8. The summed E-state index contributed by atoms with van der Waals surface area (Å²) in [5, 5.41) is 11.3. The van der Waals surface area contributed by atoms with Crippen molar-refractivity contribution in [2.24, 2.45) is 28.6 Å². The van der Waals surface area contributed by atoms with E-state index in [1.807, 2.05) is 31.2 Å². The van der Waals surface area contributed by atoms with Gasteiger partial charge in [0.1, 0.15) is 23.8 Å². The largest absolute Gasteiger partial charge is 0.346 e. The monoisotopic (exact) mass is 763 g/mol. The van der Waals surface area contributed by atoms with E-state index < -0.39 is 64.9 Å². The number of nitrogens with zero attached hydrogens (tertiary/aromatic N) is 3. The molecule has 1 aromatic heterocycles. The molecule has 0 spiro atoms. The molecule has 13 nitrogen and oxygen atoms in total. The van der Waals surface area contributed by atoms with E-state index in [2.05, 4.69) is 57.6 Å². The van der Waals surface area contributed by atoms with E-state index in [1.54, 1.807) is 4.90 Å². The summed E-state index contributed by atoms with van der Waals surface area (Å²) in [6.07, 6.45) is 16.6.